The second-order valence-corrected chi connectivity index (χ2v) is 5.27. The summed E-state index contributed by atoms with van der Waals surface area (Å²) in [5.74, 6) is 0.990. The van der Waals surface area contributed by atoms with Crippen LogP contribution in [-0.4, -0.2) is 43.4 Å². The summed E-state index contributed by atoms with van der Waals surface area (Å²) in [7, 11) is 0. The summed E-state index contributed by atoms with van der Waals surface area (Å²) in [6.45, 7) is 7.77. The van der Waals surface area contributed by atoms with Gasteiger partial charge in [-0.05, 0) is 31.9 Å². The Morgan fingerprint density at radius 1 is 1.35 bits per heavy atom. The van der Waals surface area contributed by atoms with Crippen LogP contribution in [0.4, 0.5) is 4.39 Å². The van der Waals surface area contributed by atoms with Crippen molar-refractivity contribution in [3.05, 3.63) is 30.1 Å². The maximum atomic E-state index is 13.1. The van der Waals surface area contributed by atoms with Gasteiger partial charge >= 0.3 is 0 Å². The van der Waals surface area contributed by atoms with Crippen LogP contribution in [-0.2, 0) is 0 Å². The van der Waals surface area contributed by atoms with Crippen LogP contribution in [0.2, 0.25) is 0 Å². The van der Waals surface area contributed by atoms with Crippen LogP contribution in [0.3, 0.4) is 0 Å². The van der Waals surface area contributed by atoms with Crippen molar-refractivity contribution in [1.82, 2.24) is 10.6 Å². The highest BCUT2D eigenvalue weighted by molar-refractivity contribution is 14.0. The fourth-order valence-electron chi connectivity index (χ4n) is 1.70. The van der Waals surface area contributed by atoms with Crippen molar-refractivity contribution in [2.75, 3.05) is 26.2 Å². The Labute approximate surface area is 154 Å². The largest absolute Gasteiger partial charge is 0.489 e. The van der Waals surface area contributed by atoms with Crippen LogP contribution >= 0.6 is 24.0 Å². The molecule has 0 fully saturated rings. The topological polar surface area (TPSA) is 65.9 Å². The first kappa shape index (κ1) is 21.9. The van der Waals surface area contributed by atoms with Crippen LogP contribution in [0.5, 0.6) is 5.75 Å². The fourth-order valence-corrected chi connectivity index (χ4v) is 1.70. The summed E-state index contributed by atoms with van der Waals surface area (Å²) in [6, 6.07) is 6.08. The lowest BCUT2D eigenvalue weighted by molar-refractivity contribution is 0.222. The SMILES string of the molecule is CCNC(=NCC(C)CO)NCC(C)Oc1cccc(F)c1.I. The first-order valence-corrected chi connectivity index (χ1v) is 7.60. The van der Waals surface area contributed by atoms with E-state index in [9.17, 15) is 4.39 Å². The monoisotopic (exact) mass is 439 g/mol. The molecule has 0 amide bonds. The summed E-state index contributed by atoms with van der Waals surface area (Å²) in [5, 5.41) is 15.3. The van der Waals surface area contributed by atoms with Gasteiger partial charge in [0.15, 0.2) is 5.96 Å². The van der Waals surface area contributed by atoms with E-state index in [1.807, 2.05) is 20.8 Å². The average Bonchev–Trinajstić information content (AvgIpc) is 2.49. The van der Waals surface area contributed by atoms with Gasteiger partial charge in [-0.1, -0.05) is 13.0 Å². The summed E-state index contributed by atoms with van der Waals surface area (Å²) >= 11 is 0. The van der Waals surface area contributed by atoms with Gasteiger partial charge in [0.2, 0.25) is 0 Å². The Morgan fingerprint density at radius 3 is 2.70 bits per heavy atom. The molecule has 0 radical (unpaired) electrons. The number of halogens is 2. The van der Waals surface area contributed by atoms with Crippen molar-refractivity contribution in [1.29, 1.82) is 0 Å². The Bertz CT molecular complexity index is 474. The van der Waals surface area contributed by atoms with Gasteiger partial charge in [-0.3, -0.25) is 4.99 Å². The molecule has 0 aliphatic heterocycles. The van der Waals surface area contributed by atoms with Gasteiger partial charge in [0, 0.05) is 25.8 Å². The summed E-state index contributed by atoms with van der Waals surface area (Å²) in [4.78, 5) is 4.40. The third-order valence-electron chi connectivity index (χ3n) is 2.91. The molecule has 0 saturated carbocycles. The smallest absolute Gasteiger partial charge is 0.191 e. The van der Waals surface area contributed by atoms with Crippen LogP contribution in [0, 0.1) is 11.7 Å². The number of benzene rings is 1. The zero-order valence-corrected chi connectivity index (χ0v) is 16.2. The molecule has 0 spiro atoms. The molecule has 0 saturated heterocycles. The molecule has 1 aromatic carbocycles. The molecule has 1 aromatic rings. The Morgan fingerprint density at radius 2 is 2.09 bits per heavy atom. The van der Waals surface area contributed by atoms with E-state index in [1.165, 1.54) is 12.1 Å². The molecular formula is C16H27FIN3O2. The number of guanidine groups is 1. The number of aliphatic hydroxyl groups excluding tert-OH is 1. The third-order valence-corrected chi connectivity index (χ3v) is 2.91. The number of hydrogen-bond donors (Lipinski definition) is 3. The predicted molar refractivity (Wildman–Crippen MR) is 102 cm³/mol. The molecular weight excluding hydrogens is 412 g/mol. The number of nitrogens with zero attached hydrogens (tertiary/aromatic N) is 1. The minimum atomic E-state index is -0.314. The highest BCUT2D eigenvalue weighted by atomic mass is 127. The molecule has 7 heteroatoms. The van der Waals surface area contributed by atoms with Gasteiger partial charge in [-0.15, -0.1) is 24.0 Å². The first-order valence-electron chi connectivity index (χ1n) is 7.60. The van der Waals surface area contributed by atoms with Crippen molar-refractivity contribution in [3.8, 4) is 5.75 Å². The second-order valence-electron chi connectivity index (χ2n) is 5.27. The normalized spacial score (nSPS) is 13.7. The predicted octanol–water partition coefficient (Wildman–Crippen LogP) is 2.39. The summed E-state index contributed by atoms with van der Waals surface area (Å²) in [6.07, 6.45) is -0.138. The number of ether oxygens (including phenoxy) is 1. The Hall–Kier alpha value is -1.09. The van der Waals surface area contributed by atoms with E-state index >= 15 is 0 Å². The van der Waals surface area contributed by atoms with E-state index in [4.69, 9.17) is 9.84 Å². The van der Waals surface area contributed by atoms with Crippen molar-refractivity contribution in [2.24, 2.45) is 10.9 Å². The maximum Gasteiger partial charge on any atom is 0.191 e. The molecule has 23 heavy (non-hydrogen) atoms. The lowest BCUT2D eigenvalue weighted by Crippen LogP contribution is -2.42. The third kappa shape index (κ3) is 9.60. The van der Waals surface area contributed by atoms with Crippen molar-refractivity contribution < 1.29 is 14.2 Å². The average molecular weight is 439 g/mol. The molecule has 0 aliphatic rings. The highest BCUT2D eigenvalue weighted by Crippen LogP contribution is 2.13. The molecule has 0 aliphatic carbocycles. The molecule has 3 N–H and O–H groups in total. The minimum Gasteiger partial charge on any atom is -0.489 e. The molecule has 1 rings (SSSR count). The van der Waals surface area contributed by atoms with Gasteiger partial charge < -0.3 is 20.5 Å². The van der Waals surface area contributed by atoms with Crippen LogP contribution < -0.4 is 15.4 Å². The lowest BCUT2D eigenvalue weighted by Gasteiger charge is -2.18. The van der Waals surface area contributed by atoms with Gasteiger partial charge in [-0.2, -0.15) is 0 Å². The fraction of sp³-hybridized carbons (Fsp3) is 0.562. The van der Waals surface area contributed by atoms with Gasteiger partial charge in [0.05, 0.1) is 6.54 Å². The number of rotatable bonds is 8. The van der Waals surface area contributed by atoms with E-state index in [-0.39, 0.29) is 48.4 Å². The first-order chi connectivity index (χ1) is 10.5. The molecule has 0 heterocycles. The number of aliphatic hydroxyl groups is 1. The maximum absolute atomic E-state index is 13.1. The zero-order valence-electron chi connectivity index (χ0n) is 13.9. The molecule has 2 atom stereocenters. The number of hydrogen-bond acceptors (Lipinski definition) is 3. The minimum absolute atomic E-state index is 0. The standard InChI is InChI=1S/C16H26FN3O2.HI/c1-4-18-16(19-9-12(2)11-21)20-10-13(3)22-15-7-5-6-14(17)8-15;/h5-8,12-13,21H,4,9-11H2,1-3H3,(H2,18,19,20);1H. The van der Waals surface area contributed by atoms with E-state index in [0.717, 1.165) is 6.54 Å². The van der Waals surface area contributed by atoms with Gasteiger partial charge in [0.25, 0.3) is 0 Å². The second kappa shape index (κ2) is 12.3. The molecule has 2 unspecified atom stereocenters. The van der Waals surface area contributed by atoms with Crippen molar-refractivity contribution in [2.45, 2.75) is 26.9 Å². The molecule has 0 aromatic heterocycles. The molecule has 132 valence electrons. The Balaban J connectivity index is 0.00000484. The van der Waals surface area contributed by atoms with Crippen LogP contribution in [0.25, 0.3) is 0 Å². The number of nitrogens with one attached hydrogen (secondary N) is 2. The Kier molecular flexibility index (Phi) is 11.8. The van der Waals surface area contributed by atoms with E-state index < -0.39 is 0 Å². The van der Waals surface area contributed by atoms with Crippen LogP contribution in [0.15, 0.2) is 29.3 Å². The highest BCUT2D eigenvalue weighted by Gasteiger charge is 2.07. The van der Waals surface area contributed by atoms with E-state index in [0.29, 0.717) is 24.8 Å². The van der Waals surface area contributed by atoms with Gasteiger partial charge in [-0.25, -0.2) is 4.39 Å². The van der Waals surface area contributed by atoms with Crippen molar-refractivity contribution >= 4 is 29.9 Å². The molecule has 0 bridgehead atoms. The van der Waals surface area contributed by atoms with E-state index in [2.05, 4.69) is 15.6 Å². The lowest BCUT2D eigenvalue weighted by atomic mass is 10.2. The number of aliphatic imine (C=N–C) groups is 1. The van der Waals surface area contributed by atoms with Crippen molar-refractivity contribution in [3.63, 3.8) is 0 Å². The van der Waals surface area contributed by atoms with E-state index in [1.54, 1.807) is 12.1 Å². The quantitative estimate of drug-likeness (QED) is 0.331. The van der Waals surface area contributed by atoms with Gasteiger partial charge in [0.1, 0.15) is 17.7 Å². The van der Waals surface area contributed by atoms with Crippen LogP contribution in [0.1, 0.15) is 20.8 Å². The summed E-state index contributed by atoms with van der Waals surface area (Å²) in [5.41, 5.74) is 0. The zero-order chi connectivity index (χ0) is 16.4. The summed E-state index contributed by atoms with van der Waals surface area (Å²) < 4.78 is 18.7. The molecule has 5 nitrogen and oxygen atoms in total.